The van der Waals surface area contributed by atoms with Crippen LogP contribution in [0.25, 0.3) is 0 Å². The minimum Gasteiger partial charge on any atom is -0.468 e. The average Bonchev–Trinajstić information content (AvgIpc) is 3.01. The molecular formula is C12H14ClN5O3. The van der Waals surface area contributed by atoms with Crippen molar-refractivity contribution in [1.29, 1.82) is 0 Å². The van der Waals surface area contributed by atoms with Crippen molar-refractivity contribution in [3.8, 4) is 0 Å². The van der Waals surface area contributed by atoms with Gasteiger partial charge < -0.3 is 15.0 Å². The molecule has 0 bridgehead atoms. The largest absolute Gasteiger partial charge is 0.468 e. The highest BCUT2D eigenvalue weighted by atomic mass is 35.5. The van der Waals surface area contributed by atoms with E-state index in [1.807, 2.05) is 6.92 Å². The van der Waals surface area contributed by atoms with Gasteiger partial charge in [0.05, 0.1) is 25.0 Å². The van der Waals surface area contributed by atoms with E-state index in [4.69, 9.17) is 11.6 Å². The molecule has 0 aromatic carbocycles. The molecule has 21 heavy (non-hydrogen) atoms. The second kappa shape index (κ2) is 6.40. The zero-order chi connectivity index (χ0) is 15.4. The van der Waals surface area contributed by atoms with Gasteiger partial charge in [0.1, 0.15) is 17.4 Å². The van der Waals surface area contributed by atoms with Gasteiger partial charge in [0.2, 0.25) is 0 Å². The molecule has 2 aromatic rings. The van der Waals surface area contributed by atoms with Crippen molar-refractivity contribution in [2.75, 3.05) is 12.4 Å². The first kappa shape index (κ1) is 15.0. The Morgan fingerprint density at radius 2 is 2.38 bits per heavy atom. The Morgan fingerprint density at radius 1 is 1.62 bits per heavy atom. The van der Waals surface area contributed by atoms with Crippen molar-refractivity contribution in [2.45, 2.75) is 19.5 Å². The normalized spacial score (nSPS) is 12.0. The third-order valence-corrected chi connectivity index (χ3v) is 3.16. The lowest BCUT2D eigenvalue weighted by Crippen LogP contribution is -2.28. The molecule has 0 aliphatic rings. The summed E-state index contributed by atoms with van der Waals surface area (Å²) in [7, 11) is 1.23. The van der Waals surface area contributed by atoms with Crippen LogP contribution in [0.2, 0.25) is 5.02 Å². The van der Waals surface area contributed by atoms with E-state index in [2.05, 4.69) is 25.1 Å². The summed E-state index contributed by atoms with van der Waals surface area (Å²) in [6.07, 6.45) is 4.70. The summed E-state index contributed by atoms with van der Waals surface area (Å²) in [5.41, 5.74) is -0.203. The molecule has 0 fully saturated rings. The number of aromatic nitrogens is 4. The molecule has 0 spiro atoms. The first-order chi connectivity index (χ1) is 10.0. The predicted molar refractivity (Wildman–Crippen MR) is 76.1 cm³/mol. The Morgan fingerprint density at radius 3 is 3.00 bits per heavy atom. The van der Waals surface area contributed by atoms with E-state index in [1.54, 1.807) is 12.4 Å². The molecule has 0 radical (unpaired) electrons. The third kappa shape index (κ3) is 3.40. The van der Waals surface area contributed by atoms with E-state index in [1.165, 1.54) is 13.3 Å². The molecule has 9 heteroatoms. The summed E-state index contributed by atoms with van der Waals surface area (Å²) in [6, 6.07) is -0.185. The van der Waals surface area contributed by atoms with Crippen molar-refractivity contribution in [2.24, 2.45) is 0 Å². The molecule has 1 atom stereocenters. The summed E-state index contributed by atoms with van der Waals surface area (Å²) in [5.74, 6) is 0.120. The lowest BCUT2D eigenvalue weighted by atomic mass is 10.3. The van der Waals surface area contributed by atoms with Gasteiger partial charge in [0.15, 0.2) is 0 Å². The third-order valence-electron chi connectivity index (χ3n) is 2.79. The Kier molecular flexibility index (Phi) is 4.59. The van der Waals surface area contributed by atoms with Gasteiger partial charge in [-0.3, -0.25) is 9.59 Å². The van der Waals surface area contributed by atoms with Crippen LogP contribution >= 0.6 is 11.6 Å². The molecule has 0 aliphatic carbocycles. The van der Waals surface area contributed by atoms with Gasteiger partial charge in [-0.15, -0.1) is 0 Å². The number of rotatable bonds is 5. The summed E-state index contributed by atoms with van der Waals surface area (Å²) < 4.78 is 5.42. The molecule has 0 saturated heterocycles. The Labute approximate surface area is 125 Å². The average molecular weight is 312 g/mol. The number of esters is 1. The monoisotopic (exact) mass is 311 g/mol. The van der Waals surface area contributed by atoms with Crippen LogP contribution in [0.3, 0.4) is 0 Å². The topological polar surface area (TPSA) is 102 Å². The van der Waals surface area contributed by atoms with Gasteiger partial charge in [-0.1, -0.05) is 11.6 Å². The van der Waals surface area contributed by atoms with Gasteiger partial charge >= 0.3 is 5.97 Å². The summed E-state index contributed by atoms with van der Waals surface area (Å²) >= 11 is 6.01. The van der Waals surface area contributed by atoms with Crippen LogP contribution in [0.1, 0.15) is 18.8 Å². The fourth-order valence-corrected chi connectivity index (χ4v) is 1.88. The highest BCUT2D eigenvalue weighted by molar-refractivity contribution is 6.32. The Hall–Kier alpha value is -2.35. The van der Waals surface area contributed by atoms with Gasteiger partial charge in [-0.05, 0) is 6.92 Å². The van der Waals surface area contributed by atoms with Crippen molar-refractivity contribution in [3.05, 3.63) is 39.8 Å². The van der Waals surface area contributed by atoms with Crippen LogP contribution in [0.4, 0.5) is 5.69 Å². The SMILES string of the molecule is COC(=O)Cn1ncc(NC(C)c2ncc[nH]2)c(Cl)c1=O. The molecule has 2 heterocycles. The molecule has 1 unspecified atom stereocenters. The van der Waals surface area contributed by atoms with E-state index in [0.717, 1.165) is 4.68 Å². The number of anilines is 1. The molecule has 0 amide bonds. The molecule has 112 valence electrons. The van der Waals surface area contributed by atoms with Gasteiger partial charge in [-0.25, -0.2) is 9.67 Å². The molecule has 8 nitrogen and oxygen atoms in total. The lowest BCUT2D eigenvalue weighted by molar-refractivity contribution is -0.141. The van der Waals surface area contributed by atoms with Gasteiger partial charge in [0, 0.05) is 12.4 Å². The van der Waals surface area contributed by atoms with Crippen LogP contribution in [-0.2, 0) is 16.1 Å². The number of imidazole rings is 1. The fraction of sp³-hybridized carbons (Fsp3) is 0.333. The van der Waals surface area contributed by atoms with Crippen molar-refractivity contribution < 1.29 is 9.53 Å². The maximum absolute atomic E-state index is 12.0. The van der Waals surface area contributed by atoms with E-state index in [-0.39, 0.29) is 17.6 Å². The molecule has 2 N–H and O–H groups in total. The zero-order valence-corrected chi connectivity index (χ0v) is 12.2. The number of carbonyl (C=O) groups is 1. The van der Waals surface area contributed by atoms with Crippen LogP contribution in [0.5, 0.6) is 0 Å². The minimum absolute atomic E-state index is 0.0488. The van der Waals surface area contributed by atoms with Crippen molar-refractivity contribution in [1.82, 2.24) is 19.7 Å². The number of hydrogen-bond donors (Lipinski definition) is 2. The molecular weight excluding hydrogens is 298 g/mol. The quantitative estimate of drug-likeness (QED) is 0.798. The molecule has 0 aliphatic heterocycles. The number of hydrogen-bond acceptors (Lipinski definition) is 6. The number of nitrogens with zero attached hydrogens (tertiary/aromatic N) is 3. The molecule has 0 saturated carbocycles. The first-order valence-corrected chi connectivity index (χ1v) is 6.49. The molecule has 2 aromatic heterocycles. The highest BCUT2D eigenvalue weighted by Gasteiger charge is 2.15. The second-order valence-corrected chi connectivity index (χ2v) is 4.63. The maximum atomic E-state index is 12.0. The maximum Gasteiger partial charge on any atom is 0.327 e. The number of nitrogens with one attached hydrogen (secondary N) is 2. The molecule has 2 rings (SSSR count). The summed E-state index contributed by atoms with van der Waals surface area (Å²) in [6.45, 7) is 1.57. The second-order valence-electron chi connectivity index (χ2n) is 4.25. The van der Waals surface area contributed by atoms with Gasteiger partial charge in [0.25, 0.3) is 5.56 Å². The zero-order valence-electron chi connectivity index (χ0n) is 11.5. The van der Waals surface area contributed by atoms with Crippen molar-refractivity contribution in [3.63, 3.8) is 0 Å². The number of carbonyl (C=O) groups excluding carboxylic acids is 1. The minimum atomic E-state index is -0.578. The highest BCUT2D eigenvalue weighted by Crippen LogP contribution is 2.20. The first-order valence-electron chi connectivity index (χ1n) is 6.11. The van der Waals surface area contributed by atoms with Gasteiger partial charge in [-0.2, -0.15) is 5.10 Å². The Bertz CT molecular complexity index is 683. The number of halogens is 1. The van der Waals surface area contributed by atoms with Crippen LogP contribution in [0.15, 0.2) is 23.4 Å². The predicted octanol–water partition coefficient (Wildman–Crippen LogP) is 0.966. The number of methoxy groups -OCH3 is 1. The lowest BCUT2D eigenvalue weighted by Gasteiger charge is -2.14. The summed E-state index contributed by atoms with van der Waals surface area (Å²) in [5, 5.41) is 6.87. The van der Waals surface area contributed by atoms with Crippen molar-refractivity contribution >= 4 is 23.3 Å². The van der Waals surface area contributed by atoms with Crippen LogP contribution in [-0.4, -0.2) is 32.8 Å². The van der Waals surface area contributed by atoms with E-state index >= 15 is 0 Å². The number of ether oxygens (including phenoxy) is 1. The fourth-order valence-electron chi connectivity index (χ4n) is 1.68. The smallest absolute Gasteiger partial charge is 0.327 e. The number of H-pyrrole nitrogens is 1. The van der Waals surface area contributed by atoms with Crippen LogP contribution in [0, 0.1) is 0 Å². The Balaban J connectivity index is 2.21. The van der Waals surface area contributed by atoms with Crippen LogP contribution < -0.4 is 10.9 Å². The standard InChI is InChI=1S/C12H14ClN5O3/c1-7(11-14-3-4-15-11)17-8-5-16-18(6-9(19)21-2)12(20)10(8)13/h3-5,7,17H,6H2,1-2H3,(H,14,15). The van der Waals surface area contributed by atoms with E-state index in [0.29, 0.717) is 11.5 Å². The van der Waals surface area contributed by atoms with E-state index < -0.39 is 11.5 Å². The number of aromatic amines is 1. The summed E-state index contributed by atoms with van der Waals surface area (Å²) in [4.78, 5) is 30.2. The van der Waals surface area contributed by atoms with E-state index in [9.17, 15) is 9.59 Å².